The van der Waals surface area contributed by atoms with Crippen molar-refractivity contribution in [2.45, 2.75) is 12.8 Å². The third-order valence-corrected chi connectivity index (χ3v) is 13.6. The quantitative estimate of drug-likeness (QED) is 0.175. The molecule has 6 heteroatoms. The molecule has 0 amide bonds. The first-order chi connectivity index (χ1) is 28.2. The van der Waals surface area contributed by atoms with Crippen LogP contribution in [0.1, 0.15) is 16.9 Å². The Kier molecular flexibility index (Phi) is 7.37. The van der Waals surface area contributed by atoms with E-state index in [-0.39, 0.29) is 0 Å². The van der Waals surface area contributed by atoms with Crippen molar-refractivity contribution in [3.8, 4) is 56.4 Å². The molecule has 0 spiro atoms. The van der Waals surface area contributed by atoms with Crippen LogP contribution >= 0.6 is 22.7 Å². The van der Waals surface area contributed by atoms with Gasteiger partial charge in [0.2, 0.25) is 0 Å². The van der Waals surface area contributed by atoms with E-state index in [1.807, 2.05) is 29.5 Å². The van der Waals surface area contributed by atoms with Gasteiger partial charge < -0.3 is 4.42 Å². The molecule has 0 atom stereocenters. The molecule has 0 aliphatic heterocycles. The smallest absolute Gasteiger partial charge is 0.164 e. The van der Waals surface area contributed by atoms with Crippen molar-refractivity contribution >= 4 is 80.9 Å². The lowest BCUT2D eigenvalue weighted by atomic mass is 9.96. The molecule has 4 aromatic heterocycles. The fourth-order valence-corrected chi connectivity index (χ4v) is 10.7. The summed E-state index contributed by atoms with van der Waals surface area (Å²) in [7, 11) is 0. The van der Waals surface area contributed by atoms with Crippen molar-refractivity contribution in [2.24, 2.45) is 0 Å². The van der Waals surface area contributed by atoms with E-state index in [1.54, 1.807) is 11.3 Å². The number of furan rings is 1. The summed E-state index contributed by atoms with van der Waals surface area (Å²) in [6.07, 6.45) is 6.80. The average molecular weight is 766 g/mol. The Bertz CT molecular complexity index is 3410. The van der Waals surface area contributed by atoms with Crippen LogP contribution in [0.3, 0.4) is 0 Å². The molecule has 0 bridgehead atoms. The molecule has 0 fully saturated rings. The molecular weight excluding hydrogens is 735 g/mol. The minimum Gasteiger partial charge on any atom is -0.456 e. The van der Waals surface area contributed by atoms with E-state index in [1.165, 1.54) is 46.3 Å². The van der Waals surface area contributed by atoms with E-state index in [0.29, 0.717) is 17.5 Å². The van der Waals surface area contributed by atoms with Gasteiger partial charge in [0, 0.05) is 62.6 Å². The Morgan fingerprint density at radius 1 is 0.439 bits per heavy atom. The first-order valence-electron chi connectivity index (χ1n) is 19.2. The maximum Gasteiger partial charge on any atom is 0.164 e. The average Bonchev–Trinajstić information content (AvgIpc) is 3.97. The molecule has 268 valence electrons. The minimum absolute atomic E-state index is 0.605. The summed E-state index contributed by atoms with van der Waals surface area (Å²) >= 11 is 3.71. The SMILES string of the molecule is C1=Cc2c(sc3ccc(-c4cc(-c5nc(-c6ccc(-c7ccccc7)cc6)nc(-c6ccc7c(c6)sc6ccccc67)n5)c5c(c4)oc4ccccc45)cc23)CC1. The number of nitrogens with zero attached hydrogens (tertiary/aromatic N) is 3. The van der Waals surface area contributed by atoms with Gasteiger partial charge in [0.25, 0.3) is 0 Å². The molecule has 0 saturated carbocycles. The Balaban J connectivity index is 1.09. The molecule has 57 heavy (non-hydrogen) atoms. The predicted octanol–water partition coefficient (Wildman–Crippen LogP) is 14.6. The van der Waals surface area contributed by atoms with Gasteiger partial charge in [-0.25, -0.2) is 15.0 Å². The molecule has 1 aliphatic carbocycles. The van der Waals surface area contributed by atoms with Crippen molar-refractivity contribution in [2.75, 3.05) is 0 Å². The first-order valence-corrected chi connectivity index (χ1v) is 20.9. The van der Waals surface area contributed by atoms with Crippen molar-refractivity contribution in [3.63, 3.8) is 0 Å². The first kappa shape index (κ1) is 32.5. The summed E-state index contributed by atoms with van der Waals surface area (Å²) in [4.78, 5) is 17.3. The van der Waals surface area contributed by atoms with Gasteiger partial charge in [-0.2, -0.15) is 0 Å². The van der Waals surface area contributed by atoms with Crippen LogP contribution in [0.5, 0.6) is 0 Å². The highest BCUT2D eigenvalue weighted by atomic mass is 32.1. The number of aryl methyl sites for hydroxylation is 1. The zero-order valence-electron chi connectivity index (χ0n) is 30.6. The van der Waals surface area contributed by atoms with Crippen molar-refractivity contribution in [3.05, 3.63) is 168 Å². The van der Waals surface area contributed by atoms with Crippen molar-refractivity contribution in [1.82, 2.24) is 15.0 Å². The number of hydrogen-bond donors (Lipinski definition) is 0. The van der Waals surface area contributed by atoms with Crippen molar-refractivity contribution in [1.29, 1.82) is 0 Å². The number of rotatable bonds is 5. The standard InChI is InChI=1S/C51H31N3OS2/c1-2-10-30(11-3-1)31-18-20-32(21-19-31)49-52-50(34-22-24-38-36-12-5-8-16-44(36)57-47(38)29-34)54-51(53-49)41-27-35(28-43-48(41)39-14-4-7-15-42(39)55-43)33-23-25-46-40(26-33)37-13-6-9-17-45(37)56-46/h1-8,10-16,18-29H,9,17H2. The van der Waals surface area contributed by atoms with Gasteiger partial charge in [-0.05, 0) is 83.1 Å². The van der Waals surface area contributed by atoms with E-state index in [0.717, 1.165) is 68.2 Å². The van der Waals surface area contributed by atoms with Crippen LogP contribution in [-0.4, -0.2) is 15.0 Å². The predicted molar refractivity (Wildman–Crippen MR) is 240 cm³/mol. The van der Waals surface area contributed by atoms with Crippen LogP contribution in [0.15, 0.2) is 162 Å². The summed E-state index contributed by atoms with van der Waals surface area (Å²) in [6, 6.07) is 53.7. The molecule has 4 nitrogen and oxygen atoms in total. The van der Waals surface area contributed by atoms with Crippen LogP contribution in [0.2, 0.25) is 0 Å². The van der Waals surface area contributed by atoms with Gasteiger partial charge in [-0.1, -0.05) is 121 Å². The number of aromatic nitrogens is 3. The largest absolute Gasteiger partial charge is 0.456 e. The van der Waals surface area contributed by atoms with Crippen LogP contribution in [0, 0.1) is 0 Å². The molecule has 0 unspecified atom stereocenters. The van der Waals surface area contributed by atoms with Gasteiger partial charge in [0.1, 0.15) is 11.2 Å². The van der Waals surface area contributed by atoms with Crippen molar-refractivity contribution < 1.29 is 4.42 Å². The summed E-state index contributed by atoms with van der Waals surface area (Å²) in [5.74, 6) is 1.86. The van der Waals surface area contributed by atoms with Crippen LogP contribution in [0.4, 0.5) is 0 Å². The molecule has 7 aromatic carbocycles. The van der Waals surface area contributed by atoms with E-state index in [9.17, 15) is 0 Å². The summed E-state index contributed by atoms with van der Waals surface area (Å²) < 4.78 is 10.4. The lowest BCUT2D eigenvalue weighted by Crippen LogP contribution is -2.00. The molecule has 12 rings (SSSR count). The number of para-hydroxylation sites is 1. The zero-order valence-corrected chi connectivity index (χ0v) is 32.2. The number of hydrogen-bond acceptors (Lipinski definition) is 6. The fourth-order valence-electron chi connectivity index (χ4n) is 8.39. The van der Waals surface area contributed by atoms with E-state index < -0.39 is 0 Å². The molecule has 11 aromatic rings. The van der Waals surface area contributed by atoms with Gasteiger partial charge in [0.05, 0.1) is 0 Å². The minimum atomic E-state index is 0.605. The second-order valence-electron chi connectivity index (χ2n) is 14.6. The molecule has 1 aliphatic rings. The number of allylic oxidation sites excluding steroid dienone is 1. The van der Waals surface area contributed by atoms with Crippen LogP contribution in [0.25, 0.3) is 115 Å². The third kappa shape index (κ3) is 5.44. The summed E-state index contributed by atoms with van der Waals surface area (Å²) in [5, 5.41) is 5.83. The number of fused-ring (bicyclic) bond motifs is 9. The Morgan fingerprint density at radius 2 is 1.12 bits per heavy atom. The van der Waals surface area contributed by atoms with E-state index in [4.69, 9.17) is 19.4 Å². The molecule has 0 N–H and O–H groups in total. The normalized spacial score (nSPS) is 12.7. The highest BCUT2D eigenvalue weighted by Crippen LogP contribution is 2.43. The second-order valence-corrected chi connectivity index (χ2v) is 16.9. The molecule has 0 radical (unpaired) electrons. The van der Waals surface area contributed by atoms with Gasteiger partial charge in [-0.3, -0.25) is 0 Å². The fraction of sp³-hybridized carbons (Fsp3) is 0.0392. The Labute approximate surface area is 336 Å². The highest BCUT2D eigenvalue weighted by Gasteiger charge is 2.21. The summed E-state index contributed by atoms with van der Waals surface area (Å²) in [6.45, 7) is 0. The summed E-state index contributed by atoms with van der Waals surface area (Å²) in [5.41, 5.74) is 10.3. The Morgan fingerprint density at radius 3 is 2.02 bits per heavy atom. The van der Waals surface area contributed by atoms with Gasteiger partial charge in [-0.15, -0.1) is 22.7 Å². The molecule has 4 heterocycles. The number of thiophene rings is 2. The van der Waals surface area contributed by atoms with Crippen LogP contribution < -0.4 is 0 Å². The van der Waals surface area contributed by atoms with Crippen LogP contribution in [-0.2, 0) is 6.42 Å². The number of benzene rings is 7. The zero-order chi connectivity index (χ0) is 37.5. The monoisotopic (exact) mass is 765 g/mol. The van der Waals surface area contributed by atoms with Gasteiger partial charge in [0.15, 0.2) is 17.5 Å². The molecule has 0 saturated heterocycles. The maximum atomic E-state index is 6.62. The Hall–Kier alpha value is -6.73. The second kappa shape index (κ2) is 12.9. The lowest BCUT2D eigenvalue weighted by Gasteiger charge is -2.12. The molecular formula is C51H31N3OS2. The topological polar surface area (TPSA) is 51.8 Å². The van der Waals surface area contributed by atoms with E-state index in [2.05, 4.69) is 146 Å². The highest BCUT2D eigenvalue weighted by molar-refractivity contribution is 7.25. The van der Waals surface area contributed by atoms with Gasteiger partial charge >= 0.3 is 0 Å². The maximum absolute atomic E-state index is 6.62. The lowest BCUT2D eigenvalue weighted by molar-refractivity contribution is 0.669. The van der Waals surface area contributed by atoms with E-state index >= 15 is 0 Å². The third-order valence-electron chi connectivity index (χ3n) is 11.2.